The Hall–Kier alpha value is -0.740. The molecule has 1 aromatic carbocycles. The molecule has 0 saturated heterocycles. The number of benzene rings is 1. The number of halogens is 1. The number of aliphatic hydroxyl groups excluding tert-OH is 1. The van der Waals surface area contributed by atoms with Crippen molar-refractivity contribution < 1.29 is 13.7 Å². The average Bonchev–Trinajstić information content (AvgIpc) is 2.05. The van der Waals surface area contributed by atoms with Gasteiger partial charge in [0, 0.05) is 0 Å². The molecule has 0 heterocycles. The third kappa shape index (κ3) is 2.12. The second-order valence-corrected chi connectivity index (χ2v) is 3.74. The minimum atomic E-state index is -1.42. The molecule has 12 heavy (non-hydrogen) atoms. The van der Waals surface area contributed by atoms with Crippen LogP contribution in [-0.4, -0.2) is 21.7 Å². The molecule has 1 unspecified atom stereocenters. The van der Waals surface area contributed by atoms with Crippen molar-refractivity contribution in [1.82, 2.24) is 0 Å². The van der Waals surface area contributed by atoms with Crippen LogP contribution in [0.1, 0.15) is 0 Å². The number of hydrogen-bond acceptors (Lipinski definition) is 2. The van der Waals surface area contributed by atoms with Crippen molar-refractivity contribution in [2.45, 2.75) is 4.90 Å². The number of rotatable bonds is 3. The Balaban J connectivity index is 2.87. The summed E-state index contributed by atoms with van der Waals surface area (Å²) in [7, 11) is -1.42. The van der Waals surface area contributed by atoms with Crippen molar-refractivity contribution in [2.75, 3.05) is 12.4 Å². The molecular weight excluding hydrogens is 179 g/mol. The summed E-state index contributed by atoms with van der Waals surface area (Å²) >= 11 is 0. The lowest BCUT2D eigenvalue weighted by molar-refractivity contribution is 0.321. The van der Waals surface area contributed by atoms with Crippen LogP contribution in [0.4, 0.5) is 4.39 Å². The zero-order chi connectivity index (χ0) is 8.97. The fourth-order valence-electron chi connectivity index (χ4n) is 0.822. The van der Waals surface area contributed by atoms with Crippen LogP contribution >= 0.6 is 0 Å². The van der Waals surface area contributed by atoms with Crippen molar-refractivity contribution in [2.24, 2.45) is 0 Å². The molecule has 1 aromatic rings. The summed E-state index contributed by atoms with van der Waals surface area (Å²) in [5.74, 6) is -0.398. The third-order valence-electron chi connectivity index (χ3n) is 1.36. The Labute approximate surface area is 72.5 Å². The van der Waals surface area contributed by atoms with Crippen LogP contribution < -0.4 is 0 Å². The molecule has 0 bridgehead atoms. The second kappa shape index (κ2) is 4.33. The van der Waals surface area contributed by atoms with E-state index in [-0.39, 0.29) is 17.3 Å². The van der Waals surface area contributed by atoms with Gasteiger partial charge in [0.2, 0.25) is 0 Å². The van der Waals surface area contributed by atoms with Crippen LogP contribution in [-0.2, 0) is 10.8 Å². The standard InChI is InChI=1S/C8H9FO2S/c9-7-3-1-2-4-8(7)12(11)6-5-10/h1-4,10H,5-6H2. The summed E-state index contributed by atoms with van der Waals surface area (Å²) in [6.45, 7) is -0.194. The Morgan fingerprint density at radius 1 is 1.42 bits per heavy atom. The molecule has 1 atom stereocenters. The van der Waals surface area contributed by atoms with E-state index >= 15 is 0 Å². The molecule has 0 saturated carbocycles. The van der Waals surface area contributed by atoms with Gasteiger partial charge >= 0.3 is 0 Å². The molecular formula is C8H9FO2S. The van der Waals surface area contributed by atoms with Crippen molar-refractivity contribution >= 4 is 10.8 Å². The summed E-state index contributed by atoms with van der Waals surface area (Å²) in [6, 6.07) is 5.87. The minimum Gasteiger partial charge on any atom is -0.395 e. The largest absolute Gasteiger partial charge is 0.395 e. The van der Waals surface area contributed by atoms with Crippen LogP contribution in [0.2, 0.25) is 0 Å². The molecule has 1 rings (SSSR count). The van der Waals surface area contributed by atoms with E-state index in [1.165, 1.54) is 18.2 Å². The van der Waals surface area contributed by atoms with E-state index in [4.69, 9.17) is 5.11 Å². The van der Waals surface area contributed by atoms with Gasteiger partial charge in [0.1, 0.15) is 5.82 Å². The molecule has 0 aliphatic heterocycles. The highest BCUT2D eigenvalue weighted by molar-refractivity contribution is 7.85. The van der Waals surface area contributed by atoms with E-state index < -0.39 is 16.6 Å². The van der Waals surface area contributed by atoms with Crippen LogP contribution in [0.15, 0.2) is 29.2 Å². The quantitative estimate of drug-likeness (QED) is 0.766. The van der Waals surface area contributed by atoms with Gasteiger partial charge in [-0.05, 0) is 12.1 Å². The van der Waals surface area contributed by atoms with Crippen molar-refractivity contribution in [3.05, 3.63) is 30.1 Å². The smallest absolute Gasteiger partial charge is 0.139 e. The highest BCUT2D eigenvalue weighted by atomic mass is 32.2. The molecule has 4 heteroatoms. The predicted molar refractivity (Wildman–Crippen MR) is 44.8 cm³/mol. The lowest BCUT2D eigenvalue weighted by Crippen LogP contribution is -2.03. The van der Waals surface area contributed by atoms with E-state index in [0.29, 0.717) is 0 Å². The van der Waals surface area contributed by atoms with Crippen LogP contribution in [0.3, 0.4) is 0 Å². The summed E-state index contributed by atoms with van der Waals surface area (Å²) in [5.41, 5.74) is 0. The van der Waals surface area contributed by atoms with Gasteiger partial charge in [0.05, 0.1) is 28.1 Å². The van der Waals surface area contributed by atoms with Gasteiger partial charge in [-0.1, -0.05) is 12.1 Å². The molecule has 0 radical (unpaired) electrons. The first-order chi connectivity index (χ1) is 5.75. The molecule has 0 aliphatic rings. The lowest BCUT2D eigenvalue weighted by Gasteiger charge is -2.00. The SMILES string of the molecule is O=S(CCO)c1ccccc1F. The van der Waals surface area contributed by atoms with E-state index in [1.54, 1.807) is 6.07 Å². The van der Waals surface area contributed by atoms with E-state index in [0.717, 1.165) is 0 Å². The summed E-state index contributed by atoms with van der Waals surface area (Å²) in [4.78, 5) is 0.159. The van der Waals surface area contributed by atoms with Crippen molar-refractivity contribution in [3.8, 4) is 0 Å². The normalized spacial score (nSPS) is 12.8. The maximum Gasteiger partial charge on any atom is 0.139 e. The zero-order valence-corrected chi connectivity index (χ0v) is 7.18. The molecule has 2 nitrogen and oxygen atoms in total. The average molecular weight is 188 g/mol. The van der Waals surface area contributed by atoms with Crippen LogP contribution in [0, 0.1) is 5.82 Å². The van der Waals surface area contributed by atoms with Gasteiger partial charge in [-0.15, -0.1) is 0 Å². The van der Waals surface area contributed by atoms with Gasteiger partial charge in [-0.2, -0.15) is 0 Å². The topological polar surface area (TPSA) is 37.3 Å². The molecule has 0 fully saturated rings. The molecule has 0 spiro atoms. The third-order valence-corrected chi connectivity index (χ3v) is 2.73. The molecule has 0 amide bonds. The lowest BCUT2D eigenvalue weighted by atomic mass is 10.3. The van der Waals surface area contributed by atoms with E-state index in [2.05, 4.69) is 0 Å². The summed E-state index contributed by atoms with van der Waals surface area (Å²) in [6.07, 6.45) is 0. The summed E-state index contributed by atoms with van der Waals surface area (Å²) < 4.78 is 24.1. The number of aliphatic hydroxyl groups is 1. The molecule has 0 aromatic heterocycles. The first kappa shape index (κ1) is 9.35. The van der Waals surface area contributed by atoms with Gasteiger partial charge in [0.25, 0.3) is 0 Å². The Bertz CT molecular complexity index is 288. The predicted octanol–water partition coefficient (Wildman–Crippen LogP) is 0.926. The van der Waals surface area contributed by atoms with Crippen molar-refractivity contribution in [3.63, 3.8) is 0 Å². The zero-order valence-electron chi connectivity index (χ0n) is 6.37. The first-order valence-electron chi connectivity index (χ1n) is 3.49. The molecule has 0 aliphatic carbocycles. The highest BCUT2D eigenvalue weighted by Crippen LogP contribution is 2.10. The fourth-order valence-corrected chi connectivity index (χ4v) is 1.72. The monoisotopic (exact) mass is 188 g/mol. The maximum atomic E-state index is 12.9. The van der Waals surface area contributed by atoms with Gasteiger partial charge in [-0.25, -0.2) is 4.39 Å². The van der Waals surface area contributed by atoms with Gasteiger partial charge in [0.15, 0.2) is 0 Å². The summed E-state index contributed by atoms with van der Waals surface area (Å²) in [5, 5.41) is 8.47. The van der Waals surface area contributed by atoms with Crippen LogP contribution in [0.5, 0.6) is 0 Å². The first-order valence-corrected chi connectivity index (χ1v) is 4.81. The van der Waals surface area contributed by atoms with E-state index in [1.807, 2.05) is 0 Å². The van der Waals surface area contributed by atoms with Crippen molar-refractivity contribution in [1.29, 1.82) is 0 Å². The Morgan fingerprint density at radius 3 is 2.67 bits per heavy atom. The molecule has 66 valence electrons. The van der Waals surface area contributed by atoms with Gasteiger partial charge in [-0.3, -0.25) is 4.21 Å². The maximum absolute atomic E-state index is 12.9. The van der Waals surface area contributed by atoms with E-state index in [9.17, 15) is 8.60 Å². The molecule has 1 N–H and O–H groups in total. The second-order valence-electron chi connectivity index (χ2n) is 2.20. The Kier molecular flexibility index (Phi) is 3.37. The minimum absolute atomic E-state index is 0.0843. The van der Waals surface area contributed by atoms with Gasteiger partial charge < -0.3 is 5.11 Å². The van der Waals surface area contributed by atoms with Crippen LogP contribution in [0.25, 0.3) is 0 Å². The highest BCUT2D eigenvalue weighted by Gasteiger charge is 2.07. The number of hydrogen-bond donors (Lipinski definition) is 1. The fraction of sp³-hybridized carbons (Fsp3) is 0.250. The Morgan fingerprint density at radius 2 is 2.08 bits per heavy atom.